The molecule has 2 aromatic rings. The molecule has 1 aromatic heterocycles. The summed E-state index contributed by atoms with van der Waals surface area (Å²) in [7, 11) is 0. The summed E-state index contributed by atoms with van der Waals surface area (Å²) in [5.41, 5.74) is 2.02. The van der Waals surface area contributed by atoms with E-state index >= 15 is 0 Å². The van der Waals surface area contributed by atoms with Gasteiger partial charge < -0.3 is 19.7 Å². The Bertz CT molecular complexity index is 914. The first-order chi connectivity index (χ1) is 13.3. The molecule has 8 heteroatoms. The van der Waals surface area contributed by atoms with Gasteiger partial charge in [0, 0.05) is 53.3 Å². The second-order valence-electron chi connectivity index (χ2n) is 7.30. The molecule has 7 nitrogen and oxygen atoms in total. The average Bonchev–Trinajstić information content (AvgIpc) is 2.92. The van der Waals surface area contributed by atoms with Crippen molar-refractivity contribution in [1.29, 1.82) is 0 Å². The molecule has 0 bridgehead atoms. The van der Waals surface area contributed by atoms with Crippen LogP contribution in [-0.4, -0.2) is 64.3 Å². The Labute approximate surface area is 172 Å². The number of halogens is 1. The number of nitrogens with one attached hydrogen (secondary N) is 1. The van der Waals surface area contributed by atoms with Gasteiger partial charge in [0.25, 0.3) is 0 Å². The van der Waals surface area contributed by atoms with Gasteiger partial charge in [0.05, 0.1) is 0 Å². The number of piperazine rings is 1. The molecule has 0 saturated carbocycles. The van der Waals surface area contributed by atoms with Gasteiger partial charge in [-0.3, -0.25) is 14.4 Å². The molecule has 0 radical (unpaired) electrons. The number of hydrogen-bond acceptors (Lipinski definition) is 3. The number of para-hydroxylation sites is 1. The first kappa shape index (κ1) is 20.4. The van der Waals surface area contributed by atoms with Crippen molar-refractivity contribution < 1.29 is 14.4 Å². The van der Waals surface area contributed by atoms with Crippen molar-refractivity contribution in [1.82, 2.24) is 19.7 Å². The molecule has 1 aliphatic heterocycles. The maximum absolute atomic E-state index is 12.8. The van der Waals surface area contributed by atoms with Crippen molar-refractivity contribution >= 4 is 44.6 Å². The second-order valence-corrected chi connectivity index (χ2v) is 8.10. The number of hydrogen-bond donors (Lipinski definition) is 1. The Morgan fingerprint density at radius 2 is 1.68 bits per heavy atom. The molecule has 150 valence electrons. The summed E-state index contributed by atoms with van der Waals surface area (Å²) in [5.74, 6) is -1.11. The van der Waals surface area contributed by atoms with Gasteiger partial charge in [-0.05, 0) is 42.8 Å². The highest BCUT2D eigenvalue weighted by atomic mass is 79.9. The third-order valence-corrected chi connectivity index (χ3v) is 5.98. The minimum atomic E-state index is -0.589. The van der Waals surface area contributed by atoms with Crippen molar-refractivity contribution in [2.24, 2.45) is 0 Å². The summed E-state index contributed by atoms with van der Waals surface area (Å²) in [6.45, 7) is 7.45. The van der Waals surface area contributed by atoms with E-state index in [0.29, 0.717) is 26.2 Å². The largest absolute Gasteiger partial charge is 0.346 e. The normalized spacial score (nSPS) is 14.6. The second kappa shape index (κ2) is 8.34. The van der Waals surface area contributed by atoms with Crippen LogP contribution in [0.25, 0.3) is 10.9 Å². The highest BCUT2D eigenvalue weighted by Crippen LogP contribution is 2.30. The lowest BCUT2D eigenvalue weighted by Gasteiger charge is -2.34. The summed E-state index contributed by atoms with van der Waals surface area (Å²) in [5, 5.41) is 3.70. The average molecular weight is 449 g/mol. The van der Waals surface area contributed by atoms with E-state index in [1.54, 1.807) is 4.90 Å². The van der Waals surface area contributed by atoms with Gasteiger partial charge >= 0.3 is 11.8 Å². The minimum absolute atomic E-state index is 0.00934. The van der Waals surface area contributed by atoms with Crippen molar-refractivity contribution in [3.05, 3.63) is 34.4 Å². The van der Waals surface area contributed by atoms with E-state index in [-0.39, 0.29) is 18.5 Å². The quantitative estimate of drug-likeness (QED) is 0.728. The Morgan fingerprint density at radius 1 is 1.07 bits per heavy atom. The summed E-state index contributed by atoms with van der Waals surface area (Å²) in [4.78, 5) is 40.2. The molecule has 1 aromatic carbocycles. The van der Waals surface area contributed by atoms with E-state index in [2.05, 4.69) is 21.2 Å². The van der Waals surface area contributed by atoms with Crippen LogP contribution in [0.4, 0.5) is 0 Å². The zero-order chi connectivity index (χ0) is 20.4. The van der Waals surface area contributed by atoms with Gasteiger partial charge in [0.1, 0.15) is 6.54 Å². The minimum Gasteiger partial charge on any atom is -0.346 e. The topological polar surface area (TPSA) is 74.7 Å². The van der Waals surface area contributed by atoms with E-state index in [4.69, 9.17) is 0 Å². The van der Waals surface area contributed by atoms with Crippen molar-refractivity contribution in [3.8, 4) is 0 Å². The molecule has 0 aliphatic carbocycles. The van der Waals surface area contributed by atoms with Gasteiger partial charge in [0.15, 0.2) is 0 Å². The van der Waals surface area contributed by atoms with Crippen LogP contribution in [0.1, 0.15) is 19.5 Å². The van der Waals surface area contributed by atoms with Crippen LogP contribution in [-0.2, 0) is 20.9 Å². The lowest BCUT2D eigenvalue weighted by Crippen LogP contribution is -2.54. The van der Waals surface area contributed by atoms with Crippen LogP contribution in [0.5, 0.6) is 0 Å². The van der Waals surface area contributed by atoms with Gasteiger partial charge in [0.2, 0.25) is 5.91 Å². The van der Waals surface area contributed by atoms with E-state index < -0.39 is 11.8 Å². The molecule has 28 heavy (non-hydrogen) atoms. The van der Waals surface area contributed by atoms with E-state index in [1.165, 1.54) is 4.90 Å². The first-order valence-corrected chi connectivity index (χ1v) is 10.2. The molecule has 0 atom stereocenters. The third-order valence-electron chi connectivity index (χ3n) is 4.98. The smallest absolute Gasteiger partial charge is 0.312 e. The molecule has 3 rings (SSSR count). The predicted octanol–water partition coefficient (Wildman–Crippen LogP) is 1.91. The lowest BCUT2D eigenvalue weighted by molar-refractivity contribution is -0.148. The van der Waals surface area contributed by atoms with Crippen LogP contribution in [0.2, 0.25) is 0 Å². The van der Waals surface area contributed by atoms with Crippen LogP contribution in [0, 0.1) is 6.92 Å². The molecule has 3 amide bonds. The molecule has 1 saturated heterocycles. The summed E-state index contributed by atoms with van der Waals surface area (Å²) >= 11 is 3.61. The van der Waals surface area contributed by atoms with Crippen LogP contribution < -0.4 is 5.32 Å². The zero-order valence-corrected chi connectivity index (χ0v) is 18.0. The zero-order valence-electron chi connectivity index (χ0n) is 16.4. The molecule has 1 aliphatic rings. The molecular formula is C20H25BrN4O3. The monoisotopic (exact) mass is 448 g/mol. The number of amides is 3. The van der Waals surface area contributed by atoms with E-state index in [1.807, 2.05) is 49.6 Å². The number of carbonyl (C=O) groups excluding carboxylic acids is 3. The Hall–Kier alpha value is -2.35. The highest BCUT2D eigenvalue weighted by molar-refractivity contribution is 9.10. The number of benzene rings is 1. The Kier molecular flexibility index (Phi) is 6.07. The van der Waals surface area contributed by atoms with Gasteiger partial charge in [-0.15, -0.1) is 0 Å². The lowest BCUT2D eigenvalue weighted by atomic mass is 10.2. The Morgan fingerprint density at radius 3 is 2.32 bits per heavy atom. The molecular weight excluding hydrogens is 424 g/mol. The fourth-order valence-electron chi connectivity index (χ4n) is 3.45. The molecule has 1 fully saturated rings. The van der Waals surface area contributed by atoms with Gasteiger partial charge in [-0.1, -0.05) is 18.2 Å². The van der Waals surface area contributed by atoms with Crippen LogP contribution in [0.3, 0.4) is 0 Å². The summed E-state index contributed by atoms with van der Waals surface area (Å²) in [6, 6.07) is 7.88. The SMILES string of the molecule is Cc1c(Br)c2ccccc2n1CC(=O)N1CCN(C(=O)C(=O)NC(C)C)CC1. The Balaban J connectivity index is 1.63. The van der Waals surface area contributed by atoms with Crippen molar-refractivity contribution in [3.63, 3.8) is 0 Å². The molecule has 1 N–H and O–H groups in total. The highest BCUT2D eigenvalue weighted by Gasteiger charge is 2.28. The summed E-state index contributed by atoms with van der Waals surface area (Å²) < 4.78 is 3.01. The first-order valence-electron chi connectivity index (χ1n) is 9.40. The summed E-state index contributed by atoms with van der Waals surface area (Å²) in [6.07, 6.45) is 0. The molecule has 0 unspecified atom stereocenters. The maximum Gasteiger partial charge on any atom is 0.312 e. The number of fused-ring (bicyclic) bond motifs is 1. The van der Waals surface area contributed by atoms with E-state index in [9.17, 15) is 14.4 Å². The maximum atomic E-state index is 12.8. The fraction of sp³-hybridized carbons (Fsp3) is 0.450. The fourth-order valence-corrected chi connectivity index (χ4v) is 4.00. The number of aromatic nitrogens is 1. The molecule has 2 heterocycles. The number of rotatable bonds is 3. The number of nitrogens with zero attached hydrogens (tertiary/aromatic N) is 3. The standard InChI is InChI=1S/C20H25BrN4O3/c1-13(2)22-19(27)20(28)24-10-8-23(9-11-24)17(26)12-25-14(3)18(21)15-6-4-5-7-16(15)25/h4-7,13H,8-12H2,1-3H3,(H,22,27). The van der Waals surface area contributed by atoms with Crippen LogP contribution >= 0.6 is 15.9 Å². The van der Waals surface area contributed by atoms with Crippen molar-refractivity contribution in [2.45, 2.75) is 33.4 Å². The third kappa shape index (κ3) is 4.06. The number of carbonyl (C=O) groups is 3. The van der Waals surface area contributed by atoms with Crippen molar-refractivity contribution in [2.75, 3.05) is 26.2 Å². The molecule has 0 spiro atoms. The van der Waals surface area contributed by atoms with Crippen LogP contribution in [0.15, 0.2) is 28.7 Å². The van der Waals surface area contributed by atoms with Gasteiger partial charge in [-0.2, -0.15) is 0 Å². The van der Waals surface area contributed by atoms with E-state index in [0.717, 1.165) is 21.1 Å². The van der Waals surface area contributed by atoms with Gasteiger partial charge in [-0.25, -0.2) is 0 Å². The predicted molar refractivity (Wildman–Crippen MR) is 111 cm³/mol.